The first-order valence-electron chi connectivity index (χ1n) is 10.3. The zero-order valence-corrected chi connectivity index (χ0v) is 17.1. The van der Waals surface area contributed by atoms with Gasteiger partial charge in [0.2, 0.25) is 5.75 Å². The van der Waals surface area contributed by atoms with Crippen molar-refractivity contribution in [3.63, 3.8) is 0 Å². The second kappa shape index (κ2) is 10.6. The summed E-state index contributed by atoms with van der Waals surface area (Å²) in [5, 5.41) is 0. The molecule has 0 heterocycles. The molecule has 0 bridgehead atoms. The Labute approximate surface area is 182 Å². The van der Waals surface area contributed by atoms with Crippen LogP contribution in [-0.2, 0) is 0 Å². The number of allylic oxidation sites excluding steroid dienone is 4. The van der Waals surface area contributed by atoms with Crippen molar-refractivity contribution in [1.82, 2.24) is 0 Å². The summed E-state index contributed by atoms with van der Waals surface area (Å²) in [6.07, 6.45) is 6.73. The second-order valence-corrected chi connectivity index (χ2v) is 7.59. The Morgan fingerprint density at radius 1 is 0.938 bits per heavy atom. The molecule has 1 aliphatic carbocycles. The van der Waals surface area contributed by atoms with Gasteiger partial charge in [-0.25, -0.2) is 13.2 Å². The van der Waals surface area contributed by atoms with Crippen molar-refractivity contribution in [3.05, 3.63) is 89.3 Å². The molecule has 0 saturated heterocycles. The average Bonchev–Trinajstić information content (AvgIpc) is 2.76. The largest absolute Gasteiger partial charge is 0.573 e. The standard InChI is InChI=1S/C25H22F6O/c26-14-13-19(21-11-9-20(10-12-21)18-6-2-1-3-7-18)8-4-5-17-15-22(27)24(23(28)16-17)32-25(29,30)31/h4-5,8-16,18H,1-3,6-7H2/b5-4+,14-13+,19-8+. The third-order valence-electron chi connectivity index (χ3n) is 5.37. The fourth-order valence-electron chi connectivity index (χ4n) is 3.85. The van der Waals surface area contributed by atoms with Crippen LogP contribution < -0.4 is 4.74 Å². The van der Waals surface area contributed by atoms with Crippen LogP contribution in [0.15, 0.2) is 61.0 Å². The number of ether oxygens (including phenoxy) is 1. The van der Waals surface area contributed by atoms with Gasteiger partial charge in [0.25, 0.3) is 0 Å². The first kappa shape index (κ1) is 23.7. The van der Waals surface area contributed by atoms with E-state index in [1.54, 1.807) is 6.08 Å². The van der Waals surface area contributed by atoms with Gasteiger partial charge in [0.15, 0.2) is 11.6 Å². The molecule has 1 aliphatic rings. The Balaban J connectivity index is 1.77. The SMILES string of the molecule is F/C=C/C(=C\C=C\c1cc(F)c(OC(F)(F)F)c(F)c1)c1ccc(C2CCCCC2)cc1. The first-order valence-corrected chi connectivity index (χ1v) is 10.3. The Morgan fingerprint density at radius 2 is 1.56 bits per heavy atom. The van der Waals surface area contributed by atoms with Gasteiger partial charge in [-0.15, -0.1) is 13.2 Å². The van der Waals surface area contributed by atoms with E-state index >= 15 is 0 Å². The molecule has 170 valence electrons. The molecule has 0 radical (unpaired) electrons. The molecule has 0 atom stereocenters. The number of hydrogen-bond acceptors (Lipinski definition) is 1. The molecular formula is C25H22F6O. The molecule has 0 aromatic heterocycles. The molecule has 7 heteroatoms. The smallest absolute Gasteiger partial charge is 0.399 e. The fraction of sp³-hybridized carbons (Fsp3) is 0.280. The minimum atomic E-state index is -5.21. The molecule has 3 rings (SSSR count). The highest BCUT2D eigenvalue weighted by atomic mass is 19.4. The van der Waals surface area contributed by atoms with E-state index in [4.69, 9.17) is 0 Å². The third kappa shape index (κ3) is 6.52. The van der Waals surface area contributed by atoms with E-state index in [1.807, 2.05) is 24.3 Å². The van der Waals surface area contributed by atoms with Crippen molar-refractivity contribution in [2.24, 2.45) is 0 Å². The number of alkyl halides is 3. The predicted molar refractivity (Wildman–Crippen MR) is 113 cm³/mol. The molecule has 0 unspecified atom stereocenters. The maximum Gasteiger partial charge on any atom is 0.573 e. The topological polar surface area (TPSA) is 9.23 Å². The molecule has 0 spiro atoms. The first-order chi connectivity index (χ1) is 15.3. The fourth-order valence-corrected chi connectivity index (χ4v) is 3.85. The summed E-state index contributed by atoms with van der Waals surface area (Å²) in [6.45, 7) is 0. The van der Waals surface area contributed by atoms with Crippen LogP contribution in [0.5, 0.6) is 5.75 Å². The van der Waals surface area contributed by atoms with Crippen LogP contribution in [0.1, 0.15) is 54.7 Å². The van der Waals surface area contributed by atoms with Gasteiger partial charge in [0, 0.05) is 0 Å². The normalized spacial score (nSPS) is 16.2. The van der Waals surface area contributed by atoms with Crippen molar-refractivity contribution in [2.45, 2.75) is 44.4 Å². The predicted octanol–water partition coefficient (Wildman–Crippen LogP) is 8.49. The van der Waals surface area contributed by atoms with E-state index in [1.165, 1.54) is 43.1 Å². The number of benzene rings is 2. The van der Waals surface area contributed by atoms with Crippen LogP contribution in [0, 0.1) is 11.6 Å². The molecule has 1 nitrogen and oxygen atoms in total. The van der Waals surface area contributed by atoms with Gasteiger partial charge in [-0.05, 0) is 59.2 Å². The van der Waals surface area contributed by atoms with Crippen molar-refractivity contribution in [2.75, 3.05) is 0 Å². The number of halogens is 6. The van der Waals surface area contributed by atoms with Gasteiger partial charge >= 0.3 is 6.36 Å². The molecule has 1 fully saturated rings. The molecule has 0 amide bonds. The van der Waals surface area contributed by atoms with E-state index in [-0.39, 0.29) is 5.56 Å². The van der Waals surface area contributed by atoms with Crippen LogP contribution in [-0.4, -0.2) is 6.36 Å². The van der Waals surface area contributed by atoms with Crippen molar-refractivity contribution in [3.8, 4) is 5.75 Å². The lowest BCUT2D eigenvalue weighted by atomic mass is 9.83. The van der Waals surface area contributed by atoms with Crippen LogP contribution >= 0.6 is 0 Å². The highest BCUT2D eigenvalue weighted by molar-refractivity contribution is 5.76. The maximum atomic E-state index is 13.8. The minimum Gasteiger partial charge on any atom is -0.399 e. The summed E-state index contributed by atoms with van der Waals surface area (Å²) in [5.41, 5.74) is 2.52. The van der Waals surface area contributed by atoms with Crippen LogP contribution in [0.2, 0.25) is 0 Å². The molecule has 32 heavy (non-hydrogen) atoms. The Morgan fingerprint density at radius 3 is 2.12 bits per heavy atom. The minimum absolute atomic E-state index is 0.0120. The van der Waals surface area contributed by atoms with Gasteiger partial charge in [-0.3, -0.25) is 0 Å². The lowest BCUT2D eigenvalue weighted by Crippen LogP contribution is -2.19. The van der Waals surface area contributed by atoms with Crippen molar-refractivity contribution < 1.29 is 31.1 Å². The Hall–Kier alpha value is -2.96. The van der Waals surface area contributed by atoms with Crippen molar-refractivity contribution >= 4 is 11.6 Å². The van der Waals surface area contributed by atoms with E-state index in [9.17, 15) is 26.3 Å². The van der Waals surface area contributed by atoms with Crippen LogP contribution in [0.25, 0.3) is 11.6 Å². The van der Waals surface area contributed by atoms with Crippen LogP contribution in [0.3, 0.4) is 0 Å². The molecule has 0 N–H and O–H groups in total. The number of rotatable bonds is 6. The summed E-state index contributed by atoms with van der Waals surface area (Å²) in [6, 6.07) is 9.28. The summed E-state index contributed by atoms with van der Waals surface area (Å²) in [5.74, 6) is -3.93. The zero-order valence-electron chi connectivity index (χ0n) is 17.1. The van der Waals surface area contributed by atoms with Gasteiger partial charge < -0.3 is 4.74 Å². The number of hydrogen-bond donors (Lipinski definition) is 0. The van der Waals surface area contributed by atoms with Crippen molar-refractivity contribution in [1.29, 1.82) is 0 Å². The third-order valence-corrected chi connectivity index (χ3v) is 5.37. The Kier molecular flexibility index (Phi) is 7.83. The van der Waals surface area contributed by atoms with Crippen LogP contribution in [0.4, 0.5) is 26.3 Å². The monoisotopic (exact) mass is 452 g/mol. The van der Waals surface area contributed by atoms with Gasteiger partial charge in [-0.2, -0.15) is 0 Å². The quantitative estimate of drug-likeness (QED) is 0.315. The highest BCUT2D eigenvalue weighted by Gasteiger charge is 2.34. The molecular weight excluding hydrogens is 430 g/mol. The van der Waals surface area contributed by atoms with Gasteiger partial charge in [0.05, 0.1) is 6.33 Å². The molecule has 2 aromatic rings. The van der Waals surface area contributed by atoms with E-state index in [0.29, 0.717) is 17.8 Å². The van der Waals surface area contributed by atoms with E-state index < -0.39 is 23.7 Å². The molecule has 0 aliphatic heterocycles. The van der Waals surface area contributed by atoms with Gasteiger partial charge in [-0.1, -0.05) is 61.8 Å². The van der Waals surface area contributed by atoms with Gasteiger partial charge in [0.1, 0.15) is 0 Å². The highest BCUT2D eigenvalue weighted by Crippen LogP contribution is 2.33. The average molecular weight is 452 g/mol. The summed E-state index contributed by atoms with van der Waals surface area (Å²) < 4.78 is 80.6. The summed E-state index contributed by atoms with van der Waals surface area (Å²) in [7, 11) is 0. The summed E-state index contributed by atoms with van der Waals surface area (Å²) in [4.78, 5) is 0. The lowest BCUT2D eigenvalue weighted by Gasteiger charge is -2.22. The second-order valence-electron chi connectivity index (χ2n) is 7.59. The maximum absolute atomic E-state index is 13.8. The van der Waals surface area contributed by atoms with E-state index in [2.05, 4.69) is 4.74 Å². The molecule has 2 aromatic carbocycles. The summed E-state index contributed by atoms with van der Waals surface area (Å²) >= 11 is 0. The zero-order chi connectivity index (χ0) is 23.1. The Bertz CT molecular complexity index is 973. The van der Waals surface area contributed by atoms with E-state index in [0.717, 1.165) is 30.5 Å². The lowest BCUT2D eigenvalue weighted by molar-refractivity contribution is -0.276. The molecule has 1 saturated carbocycles.